The Hall–Kier alpha value is -1.92. The van der Waals surface area contributed by atoms with E-state index in [9.17, 15) is 10.1 Å². The van der Waals surface area contributed by atoms with Crippen molar-refractivity contribution in [2.24, 2.45) is 0 Å². The zero-order chi connectivity index (χ0) is 12.6. The maximum absolute atomic E-state index is 11.1. The van der Waals surface area contributed by atoms with Gasteiger partial charge in [-0.15, -0.1) is 0 Å². The molecule has 0 bridgehead atoms. The quantitative estimate of drug-likeness (QED) is 0.625. The van der Waals surface area contributed by atoms with Crippen molar-refractivity contribution in [3.63, 3.8) is 0 Å². The lowest BCUT2D eigenvalue weighted by Gasteiger charge is -2.21. The van der Waals surface area contributed by atoms with E-state index in [2.05, 4.69) is 9.97 Å². The number of aryl methyl sites for hydroxylation is 1. The van der Waals surface area contributed by atoms with E-state index in [0.29, 0.717) is 24.1 Å². The molecule has 0 spiro atoms. The van der Waals surface area contributed by atoms with Gasteiger partial charge in [-0.1, -0.05) is 0 Å². The molecule has 2 rings (SSSR count). The van der Waals surface area contributed by atoms with Crippen molar-refractivity contribution in [1.82, 2.24) is 9.97 Å². The fraction of sp³-hybridized carbons (Fsp3) is 0.600. The highest BCUT2D eigenvalue weighted by Crippen LogP contribution is 2.36. The molecule has 2 N–H and O–H groups in total. The molecule has 0 saturated heterocycles. The monoisotopic (exact) mass is 237 g/mol. The Labute approximate surface area is 98.8 Å². The maximum Gasteiger partial charge on any atom is 0.332 e. The average Bonchev–Trinajstić information content (AvgIpc) is 3.01. The third-order valence-corrected chi connectivity index (χ3v) is 2.84. The molecular formula is C10H15N5O2. The SMILES string of the molecule is CCN(c1nc(N)nc(C)c1[N+](=O)[O-])C1CC1. The van der Waals surface area contributed by atoms with E-state index in [1.165, 1.54) is 0 Å². The van der Waals surface area contributed by atoms with E-state index in [-0.39, 0.29) is 11.6 Å². The van der Waals surface area contributed by atoms with Crippen LogP contribution in [0.5, 0.6) is 0 Å². The second-order valence-corrected chi connectivity index (χ2v) is 4.11. The van der Waals surface area contributed by atoms with Crippen LogP contribution >= 0.6 is 0 Å². The minimum absolute atomic E-state index is 0.0343. The highest BCUT2D eigenvalue weighted by Gasteiger charge is 2.34. The molecule has 0 unspecified atom stereocenters. The molecule has 7 nitrogen and oxygen atoms in total. The molecular weight excluding hydrogens is 222 g/mol. The van der Waals surface area contributed by atoms with E-state index in [1.54, 1.807) is 6.92 Å². The number of hydrogen-bond donors (Lipinski definition) is 1. The van der Waals surface area contributed by atoms with Gasteiger partial charge in [0.15, 0.2) is 0 Å². The number of hydrogen-bond acceptors (Lipinski definition) is 6. The zero-order valence-corrected chi connectivity index (χ0v) is 9.88. The van der Waals surface area contributed by atoms with Crippen molar-refractivity contribution in [2.75, 3.05) is 17.2 Å². The summed E-state index contributed by atoms with van der Waals surface area (Å²) in [6.45, 7) is 4.22. The van der Waals surface area contributed by atoms with Gasteiger partial charge in [-0.2, -0.15) is 4.98 Å². The second-order valence-electron chi connectivity index (χ2n) is 4.11. The van der Waals surface area contributed by atoms with Gasteiger partial charge in [-0.3, -0.25) is 10.1 Å². The summed E-state index contributed by atoms with van der Waals surface area (Å²) in [7, 11) is 0. The molecule has 1 aliphatic carbocycles. The van der Waals surface area contributed by atoms with Gasteiger partial charge in [0.05, 0.1) is 4.92 Å². The van der Waals surface area contributed by atoms with Gasteiger partial charge < -0.3 is 10.6 Å². The summed E-state index contributed by atoms with van der Waals surface area (Å²) in [5.41, 5.74) is 5.85. The topological polar surface area (TPSA) is 98.2 Å². The number of anilines is 2. The van der Waals surface area contributed by atoms with Crippen molar-refractivity contribution in [2.45, 2.75) is 32.7 Å². The minimum Gasteiger partial charge on any atom is -0.368 e. The van der Waals surface area contributed by atoms with Crippen LogP contribution in [0, 0.1) is 17.0 Å². The zero-order valence-electron chi connectivity index (χ0n) is 9.88. The van der Waals surface area contributed by atoms with Gasteiger partial charge in [0, 0.05) is 12.6 Å². The fourth-order valence-electron chi connectivity index (χ4n) is 1.95. The first-order chi connectivity index (χ1) is 8.04. The van der Waals surface area contributed by atoms with Crippen LogP contribution in [0.3, 0.4) is 0 Å². The van der Waals surface area contributed by atoms with Crippen LogP contribution in [0.2, 0.25) is 0 Å². The molecule has 17 heavy (non-hydrogen) atoms. The Kier molecular flexibility index (Phi) is 2.83. The smallest absolute Gasteiger partial charge is 0.332 e. The van der Waals surface area contributed by atoms with E-state index in [1.807, 2.05) is 11.8 Å². The molecule has 1 saturated carbocycles. The highest BCUT2D eigenvalue weighted by molar-refractivity contribution is 5.63. The third-order valence-electron chi connectivity index (χ3n) is 2.84. The number of nitrogens with two attached hydrogens (primary N) is 1. The lowest BCUT2D eigenvalue weighted by molar-refractivity contribution is -0.385. The molecule has 1 aromatic heterocycles. The Morgan fingerprint density at radius 1 is 1.53 bits per heavy atom. The van der Waals surface area contributed by atoms with Gasteiger partial charge in [0.2, 0.25) is 11.8 Å². The van der Waals surface area contributed by atoms with Crippen LogP contribution < -0.4 is 10.6 Å². The summed E-state index contributed by atoms with van der Waals surface area (Å²) in [5, 5.41) is 11.1. The third kappa shape index (κ3) is 2.13. The van der Waals surface area contributed by atoms with Gasteiger partial charge in [0.25, 0.3) is 0 Å². The number of nitro groups is 1. The Morgan fingerprint density at radius 2 is 2.18 bits per heavy atom. The molecule has 0 aromatic carbocycles. The van der Waals surface area contributed by atoms with Gasteiger partial charge in [-0.05, 0) is 26.7 Å². The standard InChI is InChI=1S/C10H15N5O2/c1-3-14(7-4-5-7)9-8(15(16)17)6(2)12-10(11)13-9/h7H,3-5H2,1-2H3,(H2,11,12,13). The normalized spacial score (nSPS) is 14.7. The number of nitrogens with zero attached hydrogens (tertiary/aromatic N) is 4. The highest BCUT2D eigenvalue weighted by atomic mass is 16.6. The van der Waals surface area contributed by atoms with Crippen LogP contribution in [-0.2, 0) is 0 Å². The molecule has 0 atom stereocenters. The summed E-state index contributed by atoms with van der Waals surface area (Å²) in [6.07, 6.45) is 2.10. The van der Waals surface area contributed by atoms with Gasteiger partial charge >= 0.3 is 5.69 Å². The van der Waals surface area contributed by atoms with Crippen LogP contribution in [0.15, 0.2) is 0 Å². The van der Waals surface area contributed by atoms with E-state index in [0.717, 1.165) is 12.8 Å². The number of rotatable bonds is 4. The number of nitrogen functional groups attached to an aromatic ring is 1. The van der Waals surface area contributed by atoms with Crippen LogP contribution in [0.4, 0.5) is 17.5 Å². The second kappa shape index (κ2) is 4.15. The van der Waals surface area contributed by atoms with Crippen molar-refractivity contribution >= 4 is 17.5 Å². The van der Waals surface area contributed by atoms with Crippen molar-refractivity contribution < 1.29 is 4.92 Å². The molecule has 0 radical (unpaired) electrons. The molecule has 0 aliphatic heterocycles. The summed E-state index contributed by atoms with van der Waals surface area (Å²) >= 11 is 0. The Balaban J connectivity index is 2.52. The first-order valence-electron chi connectivity index (χ1n) is 5.59. The van der Waals surface area contributed by atoms with Crippen molar-refractivity contribution in [1.29, 1.82) is 0 Å². The fourth-order valence-corrected chi connectivity index (χ4v) is 1.95. The number of aromatic nitrogens is 2. The van der Waals surface area contributed by atoms with Gasteiger partial charge in [-0.25, -0.2) is 4.98 Å². The molecule has 1 aromatic rings. The first-order valence-corrected chi connectivity index (χ1v) is 5.59. The molecule has 1 fully saturated rings. The first kappa shape index (κ1) is 11.6. The minimum atomic E-state index is -0.435. The summed E-state index contributed by atoms with van der Waals surface area (Å²) in [5.74, 6) is 0.437. The molecule has 92 valence electrons. The molecule has 0 amide bonds. The summed E-state index contributed by atoms with van der Waals surface area (Å²) in [4.78, 5) is 20.5. The maximum atomic E-state index is 11.1. The predicted octanol–water partition coefficient (Wildman–Crippen LogP) is 1.26. The largest absolute Gasteiger partial charge is 0.368 e. The lowest BCUT2D eigenvalue weighted by Crippen LogP contribution is -2.27. The van der Waals surface area contributed by atoms with Crippen LogP contribution in [0.1, 0.15) is 25.5 Å². The Bertz CT molecular complexity index is 458. The predicted molar refractivity (Wildman–Crippen MR) is 63.9 cm³/mol. The van der Waals surface area contributed by atoms with E-state index < -0.39 is 4.92 Å². The van der Waals surface area contributed by atoms with Crippen LogP contribution in [-0.4, -0.2) is 27.5 Å². The summed E-state index contributed by atoms with van der Waals surface area (Å²) in [6, 6.07) is 0.354. The van der Waals surface area contributed by atoms with E-state index >= 15 is 0 Å². The molecule has 1 heterocycles. The van der Waals surface area contributed by atoms with Crippen molar-refractivity contribution in [3.05, 3.63) is 15.8 Å². The van der Waals surface area contributed by atoms with E-state index in [4.69, 9.17) is 5.73 Å². The van der Waals surface area contributed by atoms with Gasteiger partial charge in [0.1, 0.15) is 5.69 Å². The van der Waals surface area contributed by atoms with Crippen LogP contribution in [0.25, 0.3) is 0 Å². The lowest BCUT2D eigenvalue weighted by atomic mass is 10.3. The molecule has 7 heteroatoms. The average molecular weight is 237 g/mol. The van der Waals surface area contributed by atoms with Crippen molar-refractivity contribution in [3.8, 4) is 0 Å². The Morgan fingerprint density at radius 3 is 2.65 bits per heavy atom. The summed E-state index contributed by atoms with van der Waals surface area (Å²) < 4.78 is 0. The molecule has 1 aliphatic rings.